The summed E-state index contributed by atoms with van der Waals surface area (Å²) in [7, 11) is 2.15. The van der Waals surface area contributed by atoms with Crippen LogP contribution < -0.4 is 5.32 Å². The fourth-order valence-corrected chi connectivity index (χ4v) is 4.23. The molecule has 1 heteroatoms. The average molecular weight is 223 g/mol. The van der Waals surface area contributed by atoms with Crippen LogP contribution in [-0.4, -0.2) is 13.6 Å². The van der Waals surface area contributed by atoms with Gasteiger partial charge in [-0.2, -0.15) is 0 Å². The van der Waals surface area contributed by atoms with Crippen molar-refractivity contribution in [2.75, 3.05) is 13.6 Å². The van der Waals surface area contributed by atoms with Gasteiger partial charge in [0.15, 0.2) is 0 Å². The first-order chi connectivity index (χ1) is 7.87. The molecule has 2 fully saturated rings. The van der Waals surface area contributed by atoms with Crippen molar-refractivity contribution in [1.29, 1.82) is 0 Å². The van der Waals surface area contributed by atoms with E-state index in [1.165, 1.54) is 77.2 Å². The predicted molar refractivity (Wildman–Crippen MR) is 70.6 cm³/mol. The van der Waals surface area contributed by atoms with Crippen LogP contribution in [-0.2, 0) is 0 Å². The molecule has 0 unspecified atom stereocenters. The molecular weight excluding hydrogens is 194 g/mol. The Bertz CT molecular complexity index is 180. The summed E-state index contributed by atoms with van der Waals surface area (Å²) in [5, 5.41) is 3.50. The molecule has 2 aliphatic rings. The van der Waals surface area contributed by atoms with Crippen molar-refractivity contribution in [2.24, 2.45) is 11.3 Å². The number of hydrogen-bond donors (Lipinski definition) is 1. The Hall–Kier alpha value is -0.0400. The van der Waals surface area contributed by atoms with E-state index in [4.69, 9.17) is 0 Å². The van der Waals surface area contributed by atoms with Crippen molar-refractivity contribution in [3.8, 4) is 0 Å². The first-order valence-corrected chi connectivity index (χ1v) is 7.52. The second-order valence-electron chi connectivity index (χ2n) is 6.14. The normalized spacial score (nSPS) is 27.6. The molecule has 1 N–H and O–H groups in total. The molecule has 2 rings (SSSR count). The minimum atomic E-state index is 0.678. The van der Waals surface area contributed by atoms with Crippen LogP contribution in [0.4, 0.5) is 0 Å². The fourth-order valence-electron chi connectivity index (χ4n) is 4.23. The smallest absolute Gasteiger partial charge is 0.000746 e. The van der Waals surface area contributed by atoms with E-state index < -0.39 is 0 Å². The van der Waals surface area contributed by atoms with E-state index in [2.05, 4.69) is 12.4 Å². The van der Waals surface area contributed by atoms with Crippen LogP contribution in [0.3, 0.4) is 0 Å². The Kier molecular flexibility index (Phi) is 4.69. The van der Waals surface area contributed by atoms with Crippen LogP contribution in [0.2, 0.25) is 0 Å². The Morgan fingerprint density at radius 1 is 0.875 bits per heavy atom. The summed E-state index contributed by atoms with van der Waals surface area (Å²) in [6, 6.07) is 0. The third-order valence-corrected chi connectivity index (χ3v) is 5.10. The highest BCUT2D eigenvalue weighted by Crippen LogP contribution is 2.47. The van der Waals surface area contributed by atoms with Crippen LogP contribution in [0.15, 0.2) is 0 Å². The molecule has 94 valence electrons. The molecule has 0 aromatic carbocycles. The zero-order valence-corrected chi connectivity index (χ0v) is 11.1. The molecule has 1 nitrogen and oxygen atoms in total. The van der Waals surface area contributed by atoms with Crippen molar-refractivity contribution < 1.29 is 0 Å². The lowest BCUT2D eigenvalue weighted by Crippen LogP contribution is -2.41. The quantitative estimate of drug-likeness (QED) is 0.709. The second kappa shape index (κ2) is 6.05. The lowest BCUT2D eigenvalue weighted by Gasteiger charge is -2.44. The molecule has 16 heavy (non-hydrogen) atoms. The van der Waals surface area contributed by atoms with E-state index in [9.17, 15) is 0 Å². The van der Waals surface area contributed by atoms with Crippen molar-refractivity contribution in [3.05, 3.63) is 0 Å². The van der Waals surface area contributed by atoms with Gasteiger partial charge in [0.1, 0.15) is 0 Å². The molecule has 0 heterocycles. The summed E-state index contributed by atoms with van der Waals surface area (Å²) in [6.07, 6.45) is 16.5. The van der Waals surface area contributed by atoms with Crippen LogP contribution >= 0.6 is 0 Å². The molecule has 0 radical (unpaired) electrons. The van der Waals surface area contributed by atoms with Gasteiger partial charge in [-0.15, -0.1) is 0 Å². The summed E-state index contributed by atoms with van der Waals surface area (Å²) >= 11 is 0. The molecule has 0 aliphatic heterocycles. The van der Waals surface area contributed by atoms with Crippen LogP contribution in [0.1, 0.15) is 70.6 Å². The molecule has 0 bridgehead atoms. The highest BCUT2D eigenvalue weighted by molar-refractivity contribution is 4.91. The van der Waals surface area contributed by atoms with E-state index in [-0.39, 0.29) is 0 Å². The standard InChI is InChI=1S/C15H29N/c1-16-13-15(11-7-4-8-12-15)14-9-5-2-3-6-10-14/h14,16H,2-13H2,1H3. The van der Waals surface area contributed by atoms with Gasteiger partial charge in [-0.3, -0.25) is 0 Å². The van der Waals surface area contributed by atoms with Gasteiger partial charge >= 0.3 is 0 Å². The van der Waals surface area contributed by atoms with Crippen LogP contribution in [0.25, 0.3) is 0 Å². The molecular formula is C15H29N. The first-order valence-electron chi connectivity index (χ1n) is 7.52. The Balaban J connectivity index is 2.03. The van der Waals surface area contributed by atoms with Crippen molar-refractivity contribution >= 4 is 0 Å². The third kappa shape index (κ3) is 2.80. The number of rotatable bonds is 3. The van der Waals surface area contributed by atoms with Crippen LogP contribution in [0.5, 0.6) is 0 Å². The zero-order valence-electron chi connectivity index (χ0n) is 11.1. The fraction of sp³-hybridized carbons (Fsp3) is 1.00. The number of hydrogen-bond acceptors (Lipinski definition) is 1. The van der Waals surface area contributed by atoms with E-state index >= 15 is 0 Å². The van der Waals surface area contributed by atoms with Gasteiger partial charge in [-0.25, -0.2) is 0 Å². The summed E-state index contributed by atoms with van der Waals surface area (Å²) in [6.45, 7) is 1.28. The summed E-state index contributed by atoms with van der Waals surface area (Å²) in [4.78, 5) is 0. The molecule has 2 saturated carbocycles. The molecule has 0 saturated heterocycles. The van der Waals surface area contributed by atoms with E-state index in [0.717, 1.165) is 5.92 Å². The lowest BCUT2D eigenvalue weighted by molar-refractivity contribution is 0.0844. The SMILES string of the molecule is CNCC1(C2CCCCCC2)CCCCC1. The highest BCUT2D eigenvalue weighted by Gasteiger charge is 2.38. The van der Waals surface area contributed by atoms with Gasteiger partial charge in [0, 0.05) is 6.54 Å². The molecule has 0 atom stereocenters. The molecule has 0 aromatic heterocycles. The highest BCUT2D eigenvalue weighted by atomic mass is 14.8. The maximum atomic E-state index is 3.50. The number of nitrogens with one attached hydrogen (secondary N) is 1. The van der Waals surface area contributed by atoms with Gasteiger partial charge in [0.25, 0.3) is 0 Å². The zero-order chi connectivity index (χ0) is 11.3. The molecule has 0 aromatic rings. The predicted octanol–water partition coefficient (Wildman–Crippen LogP) is 4.13. The first kappa shape index (κ1) is 12.4. The van der Waals surface area contributed by atoms with Crippen molar-refractivity contribution in [3.63, 3.8) is 0 Å². The van der Waals surface area contributed by atoms with Gasteiger partial charge < -0.3 is 5.32 Å². The van der Waals surface area contributed by atoms with Gasteiger partial charge in [-0.05, 0) is 44.1 Å². The van der Waals surface area contributed by atoms with Gasteiger partial charge in [0.2, 0.25) is 0 Å². The maximum absolute atomic E-state index is 3.50. The van der Waals surface area contributed by atoms with E-state index in [0.29, 0.717) is 5.41 Å². The topological polar surface area (TPSA) is 12.0 Å². The Labute approximate surface area is 101 Å². The minimum absolute atomic E-state index is 0.678. The minimum Gasteiger partial charge on any atom is -0.319 e. The van der Waals surface area contributed by atoms with Crippen molar-refractivity contribution in [1.82, 2.24) is 5.32 Å². The van der Waals surface area contributed by atoms with E-state index in [1.807, 2.05) is 0 Å². The summed E-state index contributed by atoms with van der Waals surface area (Å²) < 4.78 is 0. The van der Waals surface area contributed by atoms with Gasteiger partial charge in [-0.1, -0.05) is 44.9 Å². The largest absolute Gasteiger partial charge is 0.319 e. The average Bonchev–Trinajstić information content (AvgIpc) is 2.59. The van der Waals surface area contributed by atoms with E-state index in [1.54, 1.807) is 0 Å². The molecule has 2 aliphatic carbocycles. The molecule has 0 spiro atoms. The van der Waals surface area contributed by atoms with Gasteiger partial charge in [0.05, 0.1) is 0 Å². The Morgan fingerprint density at radius 3 is 2.00 bits per heavy atom. The summed E-state index contributed by atoms with van der Waals surface area (Å²) in [5.74, 6) is 1.03. The Morgan fingerprint density at radius 2 is 1.44 bits per heavy atom. The van der Waals surface area contributed by atoms with Crippen molar-refractivity contribution in [2.45, 2.75) is 70.6 Å². The van der Waals surface area contributed by atoms with Crippen LogP contribution in [0, 0.1) is 11.3 Å². The summed E-state index contributed by atoms with van der Waals surface area (Å²) in [5.41, 5.74) is 0.678. The molecule has 0 amide bonds. The maximum Gasteiger partial charge on any atom is 0.000746 e. The third-order valence-electron chi connectivity index (χ3n) is 5.10. The lowest BCUT2D eigenvalue weighted by atomic mass is 9.63. The monoisotopic (exact) mass is 223 g/mol. The second-order valence-corrected chi connectivity index (χ2v) is 6.14.